The quantitative estimate of drug-likeness (QED) is 0.867. The summed E-state index contributed by atoms with van der Waals surface area (Å²) in [7, 11) is 1.85. The van der Waals surface area contributed by atoms with Crippen LogP contribution in [0, 0.1) is 5.82 Å². The highest BCUT2D eigenvalue weighted by molar-refractivity contribution is 5.53. The molecule has 0 fully saturated rings. The Labute approximate surface area is 104 Å². The second-order valence-corrected chi connectivity index (χ2v) is 3.98. The molecule has 5 nitrogen and oxygen atoms in total. The van der Waals surface area contributed by atoms with Crippen LogP contribution in [-0.2, 0) is 6.54 Å². The summed E-state index contributed by atoms with van der Waals surface area (Å²) in [4.78, 5) is 6.07. The summed E-state index contributed by atoms with van der Waals surface area (Å²) < 4.78 is 17.9. The van der Waals surface area contributed by atoms with E-state index in [1.165, 1.54) is 12.1 Å². The fraction of sp³-hybridized carbons (Fsp3) is 0.333. The number of nitrogens with zero attached hydrogens (tertiary/aromatic N) is 3. The Morgan fingerprint density at radius 3 is 2.72 bits per heavy atom. The highest BCUT2D eigenvalue weighted by Crippen LogP contribution is 2.16. The van der Waals surface area contributed by atoms with Crippen molar-refractivity contribution in [1.82, 2.24) is 15.0 Å². The maximum atomic E-state index is 12.8. The topological polar surface area (TPSA) is 62.4 Å². The molecule has 0 aliphatic carbocycles. The number of hydrogen-bond donors (Lipinski definition) is 1. The summed E-state index contributed by atoms with van der Waals surface area (Å²) in [6.45, 7) is 1.08. The number of benzene rings is 1. The molecule has 1 N–H and O–H groups in total. The first-order valence-corrected chi connectivity index (χ1v) is 5.57. The number of aliphatic hydroxyl groups excluding tert-OH is 1. The van der Waals surface area contributed by atoms with Crippen molar-refractivity contribution in [3.8, 4) is 11.4 Å². The number of likely N-dealkylation sites (N-methyl/N-ethyl adjacent to an activating group) is 1. The van der Waals surface area contributed by atoms with E-state index in [1.54, 1.807) is 12.1 Å². The van der Waals surface area contributed by atoms with Crippen LogP contribution >= 0.6 is 0 Å². The molecule has 0 unspecified atom stereocenters. The maximum Gasteiger partial charge on any atom is 0.241 e. The predicted octanol–water partition coefficient (Wildman–Crippen LogP) is 1.30. The fourth-order valence-corrected chi connectivity index (χ4v) is 1.52. The van der Waals surface area contributed by atoms with Gasteiger partial charge >= 0.3 is 0 Å². The summed E-state index contributed by atoms with van der Waals surface area (Å²) in [6.07, 6.45) is 0. The van der Waals surface area contributed by atoms with Crippen LogP contribution in [0.4, 0.5) is 4.39 Å². The van der Waals surface area contributed by atoms with Crippen molar-refractivity contribution in [3.05, 3.63) is 36.0 Å². The molecule has 0 aliphatic rings. The van der Waals surface area contributed by atoms with Crippen molar-refractivity contribution in [2.75, 3.05) is 20.2 Å². The minimum atomic E-state index is -0.301. The first-order valence-electron chi connectivity index (χ1n) is 5.57. The summed E-state index contributed by atoms with van der Waals surface area (Å²) >= 11 is 0. The van der Waals surface area contributed by atoms with Crippen molar-refractivity contribution < 1.29 is 14.0 Å². The Morgan fingerprint density at radius 1 is 1.33 bits per heavy atom. The zero-order valence-electron chi connectivity index (χ0n) is 10.0. The van der Waals surface area contributed by atoms with Gasteiger partial charge < -0.3 is 9.63 Å². The molecular weight excluding hydrogens is 237 g/mol. The normalized spacial score (nSPS) is 11.1. The molecule has 0 spiro atoms. The van der Waals surface area contributed by atoms with E-state index in [2.05, 4.69) is 10.1 Å². The molecule has 1 aromatic heterocycles. The van der Waals surface area contributed by atoms with Crippen LogP contribution in [-0.4, -0.2) is 40.3 Å². The van der Waals surface area contributed by atoms with E-state index in [0.717, 1.165) is 0 Å². The van der Waals surface area contributed by atoms with Crippen molar-refractivity contribution in [2.24, 2.45) is 0 Å². The van der Waals surface area contributed by atoms with Crippen LogP contribution in [0.1, 0.15) is 5.89 Å². The van der Waals surface area contributed by atoms with Gasteiger partial charge in [-0.2, -0.15) is 4.98 Å². The molecule has 0 radical (unpaired) electrons. The van der Waals surface area contributed by atoms with Crippen molar-refractivity contribution in [2.45, 2.75) is 6.54 Å². The zero-order valence-corrected chi connectivity index (χ0v) is 10.0. The van der Waals surface area contributed by atoms with Crippen LogP contribution in [0.25, 0.3) is 11.4 Å². The van der Waals surface area contributed by atoms with Crippen molar-refractivity contribution >= 4 is 0 Å². The number of aromatic nitrogens is 2. The van der Waals surface area contributed by atoms with Crippen LogP contribution in [0.15, 0.2) is 28.8 Å². The third-order valence-electron chi connectivity index (χ3n) is 2.46. The van der Waals surface area contributed by atoms with Crippen molar-refractivity contribution in [3.63, 3.8) is 0 Å². The van der Waals surface area contributed by atoms with Crippen molar-refractivity contribution in [1.29, 1.82) is 0 Å². The molecule has 6 heteroatoms. The molecule has 1 aromatic carbocycles. The smallest absolute Gasteiger partial charge is 0.241 e. The Kier molecular flexibility index (Phi) is 4.01. The summed E-state index contributed by atoms with van der Waals surface area (Å²) in [5.74, 6) is 0.595. The lowest BCUT2D eigenvalue weighted by Gasteiger charge is -2.10. The maximum absolute atomic E-state index is 12.8. The predicted molar refractivity (Wildman–Crippen MR) is 63.1 cm³/mol. The minimum Gasteiger partial charge on any atom is -0.395 e. The lowest BCUT2D eigenvalue weighted by molar-refractivity contribution is 0.200. The molecule has 0 amide bonds. The largest absolute Gasteiger partial charge is 0.395 e. The molecule has 2 aromatic rings. The standard InChI is InChI=1S/C12H14FN3O2/c1-16(6-7-17)8-11-14-12(15-18-11)9-2-4-10(13)5-3-9/h2-5,17H,6-8H2,1H3. The van der Waals surface area contributed by atoms with Gasteiger partial charge in [0, 0.05) is 12.1 Å². The lowest BCUT2D eigenvalue weighted by Crippen LogP contribution is -2.21. The highest BCUT2D eigenvalue weighted by atomic mass is 19.1. The average Bonchev–Trinajstić information content (AvgIpc) is 2.78. The molecule has 2 rings (SSSR count). The van der Waals surface area contributed by atoms with Gasteiger partial charge in [0.25, 0.3) is 0 Å². The van der Waals surface area contributed by atoms with Gasteiger partial charge in [-0.1, -0.05) is 5.16 Å². The molecule has 0 aliphatic heterocycles. The monoisotopic (exact) mass is 251 g/mol. The average molecular weight is 251 g/mol. The Bertz CT molecular complexity index is 498. The van der Waals surface area contributed by atoms with E-state index < -0.39 is 0 Å². The van der Waals surface area contributed by atoms with Crippen LogP contribution in [0.3, 0.4) is 0 Å². The molecule has 0 saturated carbocycles. The number of hydrogen-bond acceptors (Lipinski definition) is 5. The van der Waals surface area contributed by atoms with Gasteiger partial charge in [-0.05, 0) is 31.3 Å². The van der Waals surface area contributed by atoms with Gasteiger partial charge in [-0.3, -0.25) is 4.90 Å². The third kappa shape index (κ3) is 3.12. The number of rotatable bonds is 5. The van der Waals surface area contributed by atoms with Gasteiger partial charge in [0.1, 0.15) is 5.82 Å². The van der Waals surface area contributed by atoms with Gasteiger partial charge in [0.05, 0.1) is 13.2 Å². The second-order valence-electron chi connectivity index (χ2n) is 3.98. The van der Waals surface area contributed by atoms with E-state index in [1.807, 2.05) is 11.9 Å². The van der Waals surface area contributed by atoms with E-state index in [4.69, 9.17) is 9.63 Å². The SMILES string of the molecule is CN(CCO)Cc1nc(-c2ccc(F)cc2)no1. The van der Waals surface area contributed by atoms with Gasteiger partial charge in [-0.15, -0.1) is 0 Å². The molecular formula is C12H14FN3O2. The fourth-order valence-electron chi connectivity index (χ4n) is 1.52. The molecule has 0 atom stereocenters. The minimum absolute atomic E-state index is 0.0788. The van der Waals surface area contributed by atoms with E-state index in [9.17, 15) is 4.39 Å². The van der Waals surface area contributed by atoms with E-state index in [-0.39, 0.29) is 12.4 Å². The third-order valence-corrected chi connectivity index (χ3v) is 2.46. The second kappa shape index (κ2) is 5.70. The van der Waals surface area contributed by atoms with Gasteiger partial charge in [0.2, 0.25) is 11.7 Å². The lowest BCUT2D eigenvalue weighted by atomic mass is 10.2. The number of aliphatic hydroxyl groups is 1. The number of halogens is 1. The van der Waals surface area contributed by atoms with E-state index in [0.29, 0.717) is 30.4 Å². The van der Waals surface area contributed by atoms with Crippen LogP contribution in [0.2, 0.25) is 0 Å². The van der Waals surface area contributed by atoms with Gasteiger partial charge in [0.15, 0.2) is 0 Å². The molecule has 18 heavy (non-hydrogen) atoms. The summed E-state index contributed by atoms with van der Waals surface area (Å²) in [5.41, 5.74) is 0.705. The highest BCUT2D eigenvalue weighted by Gasteiger charge is 2.10. The Morgan fingerprint density at radius 2 is 2.06 bits per heavy atom. The zero-order chi connectivity index (χ0) is 13.0. The van der Waals surface area contributed by atoms with Gasteiger partial charge in [-0.25, -0.2) is 4.39 Å². The van der Waals surface area contributed by atoms with Crippen LogP contribution < -0.4 is 0 Å². The molecule has 0 saturated heterocycles. The first kappa shape index (κ1) is 12.7. The molecule has 0 bridgehead atoms. The van der Waals surface area contributed by atoms with E-state index >= 15 is 0 Å². The first-order chi connectivity index (χ1) is 8.69. The summed E-state index contributed by atoms with van der Waals surface area (Å²) in [6, 6.07) is 5.90. The molecule has 1 heterocycles. The molecule has 96 valence electrons. The Balaban J connectivity index is 2.08. The van der Waals surface area contributed by atoms with Crippen LogP contribution in [0.5, 0.6) is 0 Å². The Hall–Kier alpha value is -1.79. The summed E-state index contributed by atoms with van der Waals surface area (Å²) in [5, 5.41) is 12.6.